The van der Waals surface area contributed by atoms with Crippen molar-refractivity contribution in [3.8, 4) is 0 Å². The van der Waals surface area contributed by atoms with Crippen molar-refractivity contribution in [2.45, 2.75) is 19.4 Å². The second-order valence-electron chi connectivity index (χ2n) is 5.10. The number of carbonyl (C=O) groups excluding carboxylic acids is 2. The van der Waals surface area contributed by atoms with E-state index < -0.39 is 6.10 Å². The number of rotatable bonds is 6. The van der Waals surface area contributed by atoms with Crippen LogP contribution >= 0.6 is 0 Å². The Bertz CT molecular complexity index is 635. The van der Waals surface area contributed by atoms with Gasteiger partial charge in [-0.2, -0.15) is 0 Å². The summed E-state index contributed by atoms with van der Waals surface area (Å²) >= 11 is 0. The van der Waals surface area contributed by atoms with Crippen LogP contribution in [0.5, 0.6) is 0 Å². The van der Waals surface area contributed by atoms with Crippen LogP contribution in [0.3, 0.4) is 0 Å². The summed E-state index contributed by atoms with van der Waals surface area (Å²) in [7, 11) is 0. The van der Waals surface area contributed by atoms with Gasteiger partial charge in [0.2, 0.25) is 0 Å². The summed E-state index contributed by atoms with van der Waals surface area (Å²) in [6.45, 7) is 1.86. The summed E-state index contributed by atoms with van der Waals surface area (Å²) in [4.78, 5) is 23.1. The number of aliphatic hydroxyl groups excluding tert-OH is 1. The van der Waals surface area contributed by atoms with Gasteiger partial charge in [-0.05, 0) is 31.0 Å². The maximum absolute atomic E-state index is 12.0. The van der Waals surface area contributed by atoms with Crippen molar-refractivity contribution in [1.29, 1.82) is 0 Å². The first-order chi connectivity index (χ1) is 10.6. The van der Waals surface area contributed by atoms with Crippen LogP contribution in [0.2, 0.25) is 0 Å². The largest absolute Gasteiger partial charge is 0.388 e. The van der Waals surface area contributed by atoms with E-state index in [4.69, 9.17) is 0 Å². The highest BCUT2D eigenvalue weighted by Crippen LogP contribution is 2.15. The molecule has 0 saturated heterocycles. The number of aliphatic hydroxyl groups is 1. The lowest BCUT2D eigenvalue weighted by Crippen LogP contribution is -2.25. The first kappa shape index (κ1) is 15.9. The van der Waals surface area contributed by atoms with E-state index >= 15 is 0 Å². The number of ketones is 1. The highest BCUT2D eigenvalue weighted by atomic mass is 16.3. The molecule has 1 amide bonds. The quantitative estimate of drug-likeness (QED) is 0.806. The van der Waals surface area contributed by atoms with Crippen molar-refractivity contribution in [2.24, 2.45) is 0 Å². The van der Waals surface area contributed by atoms with Gasteiger partial charge in [-0.3, -0.25) is 9.59 Å². The van der Waals surface area contributed by atoms with Gasteiger partial charge in [-0.15, -0.1) is 0 Å². The van der Waals surface area contributed by atoms with Gasteiger partial charge in [0.15, 0.2) is 5.78 Å². The maximum Gasteiger partial charge on any atom is 0.251 e. The molecule has 114 valence electrons. The van der Waals surface area contributed by atoms with Gasteiger partial charge in [0.05, 0.1) is 6.10 Å². The lowest BCUT2D eigenvalue weighted by Gasteiger charge is -2.11. The fourth-order valence-electron chi connectivity index (χ4n) is 2.12. The third-order valence-corrected chi connectivity index (χ3v) is 3.44. The molecule has 0 radical (unpaired) electrons. The molecule has 2 N–H and O–H groups in total. The predicted molar refractivity (Wildman–Crippen MR) is 84.8 cm³/mol. The molecule has 0 aromatic heterocycles. The van der Waals surface area contributed by atoms with Crippen LogP contribution < -0.4 is 5.32 Å². The van der Waals surface area contributed by atoms with Crippen molar-refractivity contribution in [3.63, 3.8) is 0 Å². The average molecular weight is 297 g/mol. The fourth-order valence-corrected chi connectivity index (χ4v) is 2.12. The lowest BCUT2D eigenvalue weighted by atomic mass is 10.1. The molecule has 4 heteroatoms. The number of Topliss-reactive ketones (excluding diaryl/α,β-unsaturated/α-hetero) is 1. The molecule has 2 aromatic rings. The molecule has 0 saturated carbocycles. The zero-order valence-electron chi connectivity index (χ0n) is 12.5. The summed E-state index contributed by atoms with van der Waals surface area (Å²) in [6.07, 6.45) is -0.150. The topological polar surface area (TPSA) is 66.4 Å². The molecule has 0 spiro atoms. The van der Waals surface area contributed by atoms with Crippen LogP contribution in [0.1, 0.15) is 45.7 Å². The first-order valence-electron chi connectivity index (χ1n) is 7.20. The zero-order valence-corrected chi connectivity index (χ0v) is 12.5. The van der Waals surface area contributed by atoms with E-state index in [1.165, 1.54) is 6.92 Å². The number of hydrogen-bond acceptors (Lipinski definition) is 3. The Hall–Kier alpha value is -2.46. The Morgan fingerprint density at radius 2 is 1.59 bits per heavy atom. The number of carbonyl (C=O) groups is 2. The molecule has 0 bridgehead atoms. The molecule has 0 aliphatic rings. The lowest BCUT2D eigenvalue weighted by molar-refractivity contribution is 0.0940. The van der Waals surface area contributed by atoms with Crippen LogP contribution in [-0.4, -0.2) is 23.3 Å². The Morgan fingerprint density at radius 3 is 2.18 bits per heavy atom. The minimum Gasteiger partial charge on any atom is -0.388 e. The molecule has 0 aliphatic heterocycles. The normalized spacial score (nSPS) is 11.7. The third kappa shape index (κ3) is 4.27. The SMILES string of the molecule is CC(=O)c1ccc(C(=O)NCCC(O)c2ccccc2)cc1. The molecule has 22 heavy (non-hydrogen) atoms. The standard InChI is InChI=1S/C18H19NO3/c1-13(20)14-7-9-16(10-8-14)18(22)19-12-11-17(21)15-5-3-2-4-6-15/h2-10,17,21H,11-12H2,1H3,(H,19,22). The minimum atomic E-state index is -0.596. The van der Waals surface area contributed by atoms with Gasteiger partial charge in [0, 0.05) is 17.7 Å². The van der Waals surface area contributed by atoms with Crippen LogP contribution in [0.25, 0.3) is 0 Å². The minimum absolute atomic E-state index is 0.0297. The first-order valence-corrected chi connectivity index (χ1v) is 7.20. The molecule has 4 nitrogen and oxygen atoms in total. The number of amides is 1. The summed E-state index contributed by atoms with van der Waals surface area (Å²) < 4.78 is 0. The van der Waals surface area contributed by atoms with Gasteiger partial charge in [-0.1, -0.05) is 42.5 Å². The fraction of sp³-hybridized carbons (Fsp3) is 0.222. The maximum atomic E-state index is 12.0. The van der Waals surface area contributed by atoms with Crippen molar-refractivity contribution < 1.29 is 14.7 Å². The number of hydrogen-bond donors (Lipinski definition) is 2. The molecular weight excluding hydrogens is 278 g/mol. The van der Waals surface area contributed by atoms with E-state index in [0.29, 0.717) is 24.1 Å². The van der Waals surface area contributed by atoms with Crippen molar-refractivity contribution >= 4 is 11.7 Å². The number of nitrogens with one attached hydrogen (secondary N) is 1. The van der Waals surface area contributed by atoms with E-state index in [1.54, 1.807) is 24.3 Å². The van der Waals surface area contributed by atoms with E-state index in [-0.39, 0.29) is 11.7 Å². The predicted octanol–water partition coefficient (Wildman–Crippen LogP) is 2.74. The van der Waals surface area contributed by atoms with Crippen molar-refractivity contribution in [3.05, 3.63) is 71.3 Å². The average Bonchev–Trinajstić information content (AvgIpc) is 2.55. The van der Waals surface area contributed by atoms with Crippen LogP contribution in [0.4, 0.5) is 0 Å². The highest BCUT2D eigenvalue weighted by Gasteiger charge is 2.09. The number of benzene rings is 2. The Morgan fingerprint density at radius 1 is 1.00 bits per heavy atom. The van der Waals surface area contributed by atoms with Crippen molar-refractivity contribution in [1.82, 2.24) is 5.32 Å². The van der Waals surface area contributed by atoms with E-state index in [9.17, 15) is 14.7 Å². The summed E-state index contributed by atoms with van der Waals surface area (Å²) in [5, 5.41) is 12.8. The summed E-state index contributed by atoms with van der Waals surface area (Å²) in [6, 6.07) is 15.9. The molecule has 2 aromatic carbocycles. The monoisotopic (exact) mass is 297 g/mol. The van der Waals surface area contributed by atoms with Crippen LogP contribution in [0.15, 0.2) is 54.6 Å². The van der Waals surface area contributed by atoms with Crippen LogP contribution in [-0.2, 0) is 0 Å². The van der Waals surface area contributed by atoms with Gasteiger partial charge in [0.1, 0.15) is 0 Å². The molecule has 1 unspecified atom stereocenters. The molecule has 2 rings (SSSR count). The molecular formula is C18H19NO3. The Kier molecular flexibility index (Phi) is 5.44. The smallest absolute Gasteiger partial charge is 0.251 e. The van der Waals surface area contributed by atoms with E-state index in [1.807, 2.05) is 30.3 Å². The molecule has 0 heterocycles. The van der Waals surface area contributed by atoms with Gasteiger partial charge < -0.3 is 10.4 Å². The molecule has 0 fully saturated rings. The molecule has 1 atom stereocenters. The Labute approximate surface area is 129 Å². The molecule has 0 aliphatic carbocycles. The van der Waals surface area contributed by atoms with Gasteiger partial charge in [-0.25, -0.2) is 0 Å². The zero-order chi connectivity index (χ0) is 15.9. The van der Waals surface area contributed by atoms with Gasteiger partial charge >= 0.3 is 0 Å². The Balaban J connectivity index is 1.84. The second kappa shape index (κ2) is 7.52. The van der Waals surface area contributed by atoms with Crippen molar-refractivity contribution in [2.75, 3.05) is 6.54 Å². The second-order valence-corrected chi connectivity index (χ2v) is 5.10. The highest BCUT2D eigenvalue weighted by molar-refractivity contribution is 5.97. The van der Waals surface area contributed by atoms with E-state index in [0.717, 1.165) is 5.56 Å². The third-order valence-electron chi connectivity index (χ3n) is 3.44. The summed E-state index contributed by atoms with van der Waals surface area (Å²) in [5.41, 5.74) is 1.91. The van der Waals surface area contributed by atoms with E-state index in [2.05, 4.69) is 5.32 Å². The van der Waals surface area contributed by atoms with Gasteiger partial charge in [0.25, 0.3) is 5.91 Å². The summed E-state index contributed by atoms with van der Waals surface area (Å²) in [5.74, 6) is -0.242. The van der Waals surface area contributed by atoms with Crippen LogP contribution in [0, 0.1) is 0 Å².